The molecule has 0 aromatic heterocycles. The Morgan fingerprint density at radius 2 is 0.902 bits per heavy atom. The predicted octanol–water partition coefficient (Wildman–Crippen LogP) is 7.27. The molecule has 0 saturated carbocycles. The number of hydrogen-bond donors (Lipinski definition) is 0. The first-order chi connectivity index (χ1) is 20.1. The summed E-state index contributed by atoms with van der Waals surface area (Å²) in [5.74, 6) is -0.00300. The molecular formula is C37H36NO2P. The highest BCUT2D eigenvalue weighted by Gasteiger charge is 2.42. The lowest BCUT2D eigenvalue weighted by Gasteiger charge is -2.35. The van der Waals surface area contributed by atoms with Crippen molar-refractivity contribution in [1.82, 2.24) is 4.90 Å². The maximum absolute atomic E-state index is 15.2. The summed E-state index contributed by atoms with van der Waals surface area (Å²) in [5.41, 5.74) is 2.64. The van der Waals surface area contributed by atoms with Crippen LogP contribution in [-0.4, -0.2) is 22.4 Å². The van der Waals surface area contributed by atoms with Gasteiger partial charge < -0.3 is 4.57 Å². The third-order valence-electron chi connectivity index (χ3n) is 7.73. The lowest BCUT2D eigenvalue weighted by Crippen LogP contribution is -2.47. The van der Waals surface area contributed by atoms with Gasteiger partial charge in [-0.25, -0.2) is 0 Å². The van der Waals surface area contributed by atoms with Crippen molar-refractivity contribution in [2.75, 3.05) is 0 Å². The number of carbonyl (C=O) groups is 1. The largest absolute Gasteiger partial charge is 0.313 e. The molecule has 0 heterocycles. The van der Waals surface area contributed by atoms with Crippen LogP contribution in [0.1, 0.15) is 23.6 Å². The summed E-state index contributed by atoms with van der Waals surface area (Å²) in [6.07, 6.45) is 0.535. The van der Waals surface area contributed by atoms with Crippen LogP contribution in [0.25, 0.3) is 0 Å². The summed E-state index contributed by atoms with van der Waals surface area (Å²) in [6.45, 7) is 3.07. The van der Waals surface area contributed by atoms with Gasteiger partial charge in [-0.2, -0.15) is 0 Å². The normalized spacial score (nSPS) is 13.0. The molecule has 3 nitrogen and oxygen atoms in total. The van der Waals surface area contributed by atoms with Gasteiger partial charge in [0.05, 0.1) is 11.7 Å². The summed E-state index contributed by atoms with van der Waals surface area (Å²) >= 11 is 0. The molecule has 5 aromatic carbocycles. The average Bonchev–Trinajstić information content (AvgIpc) is 3.04. The molecule has 0 spiro atoms. The van der Waals surface area contributed by atoms with Crippen molar-refractivity contribution in [2.45, 2.75) is 38.1 Å². The minimum absolute atomic E-state index is 0.00300. The molecule has 0 amide bonds. The fourth-order valence-electron chi connectivity index (χ4n) is 5.51. The van der Waals surface area contributed by atoms with E-state index in [0.717, 1.165) is 16.7 Å². The molecule has 0 unspecified atom stereocenters. The zero-order valence-electron chi connectivity index (χ0n) is 23.4. The van der Waals surface area contributed by atoms with Gasteiger partial charge in [0.2, 0.25) is 0 Å². The minimum atomic E-state index is -3.31. The first-order valence-electron chi connectivity index (χ1n) is 14.2. The maximum atomic E-state index is 15.2. The van der Waals surface area contributed by atoms with Gasteiger partial charge in [-0.1, -0.05) is 152 Å². The Morgan fingerprint density at radius 3 is 1.29 bits per heavy atom. The van der Waals surface area contributed by atoms with Gasteiger partial charge in [-0.05, 0) is 30.0 Å². The van der Waals surface area contributed by atoms with Crippen molar-refractivity contribution in [2.24, 2.45) is 0 Å². The van der Waals surface area contributed by atoms with E-state index >= 15 is 4.57 Å². The highest BCUT2D eigenvalue weighted by Crippen LogP contribution is 2.49. The van der Waals surface area contributed by atoms with Crippen LogP contribution < -0.4 is 10.6 Å². The van der Waals surface area contributed by atoms with Crippen LogP contribution in [0.2, 0.25) is 0 Å². The quantitative estimate of drug-likeness (QED) is 0.151. The van der Waals surface area contributed by atoms with Crippen molar-refractivity contribution in [3.8, 4) is 0 Å². The highest BCUT2D eigenvalue weighted by molar-refractivity contribution is 7.80. The van der Waals surface area contributed by atoms with E-state index in [1.807, 2.05) is 122 Å². The van der Waals surface area contributed by atoms with E-state index in [9.17, 15) is 4.79 Å². The number of Topliss-reactive ketones (excluding diaryl/α,β-unsaturated/α-hetero) is 1. The Bertz CT molecular complexity index is 1470. The topological polar surface area (TPSA) is 37.4 Å². The maximum Gasteiger partial charge on any atom is 0.161 e. The zero-order valence-corrected chi connectivity index (χ0v) is 24.3. The monoisotopic (exact) mass is 557 g/mol. The molecule has 5 rings (SSSR count). The summed E-state index contributed by atoms with van der Waals surface area (Å²) in [5, 5.41) is 1.42. The number of carbonyl (C=O) groups excluding carboxylic acids is 1. The minimum Gasteiger partial charge on any atom is -0.313 e. The Hall–Kier alpha value is -4.04. The van der Waals surface area contributed by atoms with Gasteiger partial charge in [0, 0.05) is 23.7 Å². The Morgan fingerprint density at radius 1 is 0.561 bits per heavy atom. The average molecular weight is 558 g/mol. The first kappa shape index (κ1) is 28.5. The predicted molar refractivity (Wildman–Crippen MR) is 170 cm³/mol. The second-order valence-corrected chi connectivity index (χ2v) is 13.6. The standard InChI is InChI=1S/C37H36NO2P/c1-30(41(40,34-23-13-5-14-24-34)35-25-15-6-16-26-35)37(39)36(27-31-17-7-2-8-18-31)38(28-32-19-9-3-10-20-32)29-33-21-11-4-12-22-33/h2-26,30,36H,27-29H2,1H3/t30-,36-/m0/s1. The van der Waals surface area contributed by atoms with Crippen molar-refractivity contribution in [3.05, 3.63) is 168 Å². The van der Waals surface area contributed by atoms with Crippen LogP contribution in [0.4, 0.5) is 0 Å². The molecule has 0 aliphatic rings. The van der Waals surface area contributed by atoms with Crippen LogP contribution >= 0.6 is 7.14 Å². The zero-order chi connectivity index (χ0) is 28.5. The molecule has 0 saturated heterocycles. The van der Waals surface area contributed by atoms with Crippen molar-refractivity contribution >= 4 is 23.5 Å². The van der Waals surface area contributed by atoms with Gasteiger partial charge in [-0.3, -0.25) is 9.69 Å². The molecule has 5 aromatic rings. The van der Waals surface area contributed by atoms with Gasteiger partial charge in [0.1, 0.15) is 0 Å². The highest BCUT2D eigenvalue weighted by atomic mass is 31.2. The third kappa shape index (κ3) is 6.82. The number of ketones is 1. The van der Waals surface area contributed by atoms with Crippen LogP contribution in [0.5, 0.6) is 0 Å². The summed E-state index contributed by atoms with van der Waals surface area (Å²) in [7, 11) is -3.31. The first-order valence-corrected chi connectivity index (χ1v) is 15.9. The fourth-order valence-corrected chi connectivity index (χ4v) is 8.47. The van der Waals surface area contributed by atoms with Crippen molar-refractivity contribution < 1.29 is 9.36 Å². The van der Waals surface area contributed by atoms with Crippen molar-refractivity contribution in [1.29, 1.82) is 0 Å². The lowest BCUT2D eigenvalue weighted by molar-refractivity contribution is -0.124. The molecule has 2 atom stereocenters. The second-order valence-electron chi connectivity index (χ2n) is 10.5. The number of benzene rings is 5. The van der Waals surface area contributed by atoms with E-state index in [2.05, 4.69) is 41.3 Å². The van der Waals surface area contributed by atoms with Crippen LogP contribution in [-0.2, 0) is 28.9 Å². The second kappa shape index (κ2) is 13.5. The van der Waals surface area contributed by atoms with E-state index in [-0.39, 0.29) is 5.78 Å². The summed E-state index contributed by atoms with van der Waals surface area (Å²) in [4.78, 5) is 17.1. The van der Waals surface area contributed by atoms with Gasteiger partial charge >= 0.3 is 0 Å². The van der Waals surface area contributed by atoms with Crippen LogP contribution in [0.3, 0.4) is 0 Å². The molecule has 0 N–H and O–H groups in total. The molecular weight excluding hydrogens is 521 g/mol. The van der Waals surface area contributed by atoms with Crippen molar-refractivity contribution in [3.63, 3.8) is 0 Å². The SMILES string of the molecule is C[C@@H](C(=O)[C@H](Cc1ccccc1)N(Cc1ccccc1)Cc1ccccc1)P(=O)(c1ccccc1)c1ccccc1. The Kier molecular flexibility index (Phi) is 9.41. The van der Waals surface area contributed by atoms with E-state index in [4.69, 9.17) is 0 Å². The molecule has 0 fully saturated rings. The van der Waals surface area contributed by atoms with Gasteiger partial charge in [0.25, 0.3) is 0 Å². The molecule has 0 radical (unpaired) electrons. The molecule has 0 bridgehead atoms. The molecule has 0 aliphatic carbocycles. The summed E-state index contributed by atoms with van der Waals surface area (Å²) < 4.78 is 15.2. The number of hydrogen-bond acceptors (Lipinski definition) is 3. The van der Waals surface area contributed by atoms with Crippen LogP contribution in [0, 0.1) is 0 Å². The van der Waals surface area contributed by atoms with Crippen LogP contribution in [0.15, 0.2) is 152 Å². The number of nitrogens with zero attached hydrogens (tertiary/aromatic N) is 1. The number of rotatable bonds is 12. The van der Waals surface area contributed by atoms with Gasteiger partial charge in [-0.15, -0.1) is 0 Å². The molecule has 0 aliphatic heterocycles. The lowest BCUT2D eigenvalue weighted by atomic mass is 9.97. The molecule has 206 valence electrons. The fraction of sp³-hybridized carbons (Fsp3) is 0.162. The Labute approximate surface area is 243 Å². The van der Waals surface area contributed by atoms with E-state index in [1.165, 1.54) is 0 Å². The molecule has 41 heavy (non-hydrogen) atoms. The smallest absolute Gasteiger partial charge is 0.161 e. The van der Waals surface area contributed by atoms with E-state index in [1.54, 1.807) is 0 Å². The Balaban J connectivity index is 1.59. The molecule has 4 heteroatoms. The van der Waals surface area contributed by atoms with E-state index in [0.29, 0.717) is 30.1 Å². The van der Waals surface area contributed by atoms with E-state index < -0.39 is 18.8 Å². The summed E-state index contributed by atoms with van der Waals surface area (Å²) in [6, 6.07) is 49.3. The van der Waals surface area contributed by atoms with Gasteiger partial charge in [0.15, 0.2) is 12.9 Å². The third-order valence-corrected chi connectivity index (χ3v) is 11.2.